The predicted molar refractivity (Wildman–Crippen MR) is 46.1 cm³/mol. The molecule has 0 atom stereocenters. The molecule has 0 amide bonds. The molecule has 1 rings (SSSR count). The number of alkyl halides is 2. The second-order valence-electron chi connectivity index (χ2n) is 2.81. The van der Waals surface area contributed by atoms with Gasteiger partial charge >= 0.3 is 0 Å². The first-order chi connectivity index (χ1) is 6.57. The van der Waals surface area contributed by atoms with E-state index in [4.69, 9.17) is 5.26 Å². The number of H-pyrrole nitrogens is 1. The van der Waals surface area contributed by atoms with Crippen molar-refractivity contribution in [2.24, 2.45) is 0 Å². The number of hydrogen-bond acceptors (Lipinski definition) is 2. The highest BCUT2D eigenvalue weighted by molar-refractivity contribution is 5.26. The first-order valence-corrected chi connectivity index (χ1v) is 3.94. The van der Waals surface area contributed by atoms with E-state index in [2.05, 4.69) is 4.98 Å². The van der Waals surface area contributed by atoms with Gasteiger partial charge in [0.15, 0.2) is 5.43 Å². The average molecular weight is 198 g/mol. The number of rotatable bonds is 2. The number of hydrogen-bond donors (Lipinski definition) is 1. The lowest BCUT2D eigenvalue weighted by atomic mass is 10.1. The highest BCUT2D eigenvalue weighted by atomic mass is 19.3. The lowest BCUT2D eigenvalue weighted by Crippen LogP contribution is -2.16. The van der Waals surface area contributed by atoms with Gasteiger partial charge in [-0.1, -0.05) is 0 Å². The average Bonchev–Trinajstić information content (AvgIpc) is 2.13. The quantitative estimate of drug-likeness (QED) is 0.786. The van der Waals surface area contributed by atoms with E-state index in [1.165, 1.54) is 6.92 Å². The van der Waals surface area contributed by atoms with Gasteiger partial charge in [0.25, 0.3) is 6.43 Å². The van der Waals surface area contributed by atoms with Gasteiger partial charge in [-0.15, -0.1) is 0 Å². The summed E-state index contributed by atoms with van der Waals surface area (Å²) >= 11 is 0. The Morgan fingerprint density at radius 1 is 1.64 bits per heavy atom. The highest BCUT2D eigenvalue weighted by Gasteiger charge is 2.14. The molecule has 0 bridgehead atoms. The normalized spacial score (nSPS) is 10.2. The molecule has 5 heteroatoms. The van der Waals surface area contributed by atoms with Crippen molar-refractivity contribution in [3.05, 3.63) is 33.2 Å². The largest absolute Gasteiger partial charge is 0.363 e. The maximum Gasteiger partial charge on any atom is 0.269 e. The summed E-state index contributed by atoms with van der Waals surface area (Å²) in [4.78, 5) is 13.8. The van der Waals surface area contributed by atoms with Crippen LogP contribution in [0.2, 0.25) is 0 Å². The maximum atomic E-state index is 12.2. The van der Waals surface area contributed by atoms with Crippen LogP contribution in [0.25, 0.3) is 0 Å². The molecule has 0 aliphatic heterocycles. The Balaban J connectivity index is 3.28. The molecule has 74 valence electrons. The van der Waals surface area contributed by atoms with Crippen molar-refractivity contribution in [2.45, 2.75) is 19.8 Å². The van der Waals surface area contributed by atoms with Gasteiger partial charge in [-0.2, -0.15) is 5.26 Å². The van der Waals surface area contributed by atoms with E-state index in [1.807, 2.05) is 6.07 Å². The summed E-state index contributed by atoms with van der Waals surface area (Å²) in [5.74, 6) is 0. The zero-order valence-corrected chi connectivity index (χ0v) is 7.47. The first kappa shape index (κ1) is 10.4. The van der Waals surface area contributed by atoms with Gasteiger partial charge in [0.05, 0.1) is 18.1 Å². The Labute approximate surface area is 79.0 Å². The fraction of sp³-hybridized carbons (Fsp3) is 0.333. The summed E-state index contributed by atoms with van der Waals surface area (Å²) in [6.45, 7) is 1.43. The molecule has 1 aromatic rings. The van der Waals surface area contributed by atoms with Gasteiger partial charge in [-0.05, 0) is 6.92 Å². The molecule has 0 aliphatic rings. The minimum absolute atomic E-state index is 0.0184. The second-order valence-corrected chi connectivity index (χ2v) is 2.81. The lowest BCUT2D eigenvalue weighted by Gasteiger charge is -2.04. The van der Waals surface area contributed by atoms with Crippen molar-refractivity contribution >= 4 is 0 Å². The zero-order valence-electron chi connectivity index (χ0n) is 7.47. The molecule has 3 nitrogen and oxygen atoms in total. The number of aromatic amines is 1. The van der Waals surface area contributed by atoms with Crippen molar-refractivity contribution < 1.29 is 8.78 Å². The number of aromatic nitrogens is 1. The zero-order chi connectivity index (χ0) is 10.7. The third-order valence-electron chi connectivity index (χ3n) is 1.95. The van der Waals surface area contributed by atoms with E-state index in [0.29, 0.717) is 5.69 Å². The number of pyridine rings is 1. The summed E-state index contributed by atoms with van der Waals surface area (Å²) in [6, 6.07) is 1.84. The minimum atomic E-state index is -2.78. The van der Waals surface area contributed by atoms with Gasteiger partial charge in [0.1, 0.15) is 0 Å². The molecule has 0 fully saturated rings. The fourth-order valence-electron chi connectivity index (χ4n) is 1.12. The van der Waals surface area contributed by atoms with Crippen LogP contribution in [0.3, 0.4) is 0 Å². The maximum absolute atomic E-state index is 12.2. The molecule has 1 N–H and O–H groups in total. The first-order valence-electron chi connectivity index (χ1n) is 3.94. The molecule has 0 aromatic carbocycles. The third kappa shape index (κ3) is 1.79. The van der Waals surface area contributed by atoms with E-state index < -0.39 is 17.4 Å². The molecule has 0 unspecified atom stereocenters. The van der Waals surface area contributed by atoms with Crippen molar-refractivity contribution in [1.82, 2.24) is 4.98 Å². The van der Waals surface area contributed by atoms with Crippen molar-refractivity contribution in [2.75, 3.05) is 0 Å². The van der Waals surface area contributed by atoms with Crippen LogP contribution in [-0.4, -0.2) is 4.98 Å². The van der Waals surface area contributed by atoms with Gasteiger partial charge < -0.3 is 4.98 Å². The molecule has 0 saturated carbocycles. The Morgan fingerprint density at radius 3 is 2.79 bits per heavy atom. The SMILES string of the molecule is Cc1c(CC#N)[nH]cc(C(F)F)c1=O. The van der Waals surface area contributed by atoms with Gasteiger partial charge in [-0.25, -0.2) is 8.78 Å². The minimum Gasteiger partial charge on any atom is -0.363 e. The summed E-state index contributed by atoms with van der Waals surface area (Å²) in [5.41, 5.74) is -0.667. The summed E-state index contributed by atoms with van der Waals surface area (Å²) < 4.78 is 24.5. The molecule has 14 heavy (non-hydrogen) atoms. The van der Waals surface area contributed by atoms with Crippen LogP contribution in [0.1, 0.15) is 23.2 Å². The predicted octanol–water partition coefficient (Wildman–Crippen LogP) is 1.69. The molecule has 0 spiro atoms. The van der Waals surface area contributed by atoms with Crippen LogP contribution >= 0.6 is 0 Å². The highest BCUT2D eigenvalue weighted by Crippen LogP contribution is 2.14. The molecule has 1 aromatic heterocycles. The van der Waals surface area contributed by atoms with Crippen LogP contribution in [0.15, 0.2) is 11.0 Å². The van der Waals surface area contributed by atoms with Crippen LogP contribution in [0.4, 0.5) is 8.78 Å². The summed E-state index contributed by atoms with van der Waals surface area (Å²) in [6.07, 6.45) is -1.80. The molecule has 1 heterocycles. The van der Waals surface area contributed by atoms with E-state index in [1.54, 1.807) is 0 Å². The molecule has 0 saturated heterocycles. The molecular weight excluding hydrogens is 190 g/mol. The Morgan fingerprint density at radius 2 is 2.29 bits per heavy atom. The second kappa shape index (κ2) is 4.01. The van der Waals surface area contributed by atoms with Crippen LogP contribution < -0.4 is 5.43 Å². The van der Waals surface area contributed by atoms with Gasteiger partial charge in [0.2, 0.25) is 0 Å². The molecule has 0 radical (unpaired) electrons. The van der Waals surface area contributed by atoms with Crippen LogP contribution in [0.5, 0.6) is 0 Å². The smallest absolute Gasteiger partial charge is 0.269 e. The van der Waals surface area contributed by atoms with E-state index in [9.17, 15) is 13.6 Å². The van der Waals surface area contributed by atoms with Crippen molar-refractivity contribution in [3.8, 4) is 6.07 Å². The van der Waals surface area contributed by atoms with Crippen LogP contribution in [-0.2, 0) is 6.42 Å². The van der Waals surface area contributed by atoms with Crippen molar-refractivity contribution in [3.63, 3.8) is 0 Å². The Bertz CT molecular complexity index is 431. The molecular formula is C9H8F2N2O. The van der Waals surface area contributed by atoms with Gasteiger partial charge in [0, 0.05) is 17.5 Å². The third-order valence-corrected chi connectivity index (χ3v) is 1.95. The van der Waals surface area contributed by atoms with Crippen molar-refractivity contribution in [1.29, 1.82) is 5.26 Å². The monoisotopic (exact) mass is 198 g/mol. The number of nitrogens with one attached hydrogen (secondary N) is 1. The Hall–Kier alpha value is -1.70. The lowest BCUT2D eigenvalue weighted by molar-refractivity contribution is 0.149. The molecule has 0 aliphatic carbocycles. The van der Waals surface area contributed by atoms with Crippen LogP contribution in [0, 0.1) is 18.3 Å². The number of nitrogens with zero attached hydrogens (tertiary/aromatic N) is 1. The fourth-order valence-corrected chi connectivity index (χ4v) is 1.12. The van der Waals surface area contributed by atoms with Gasteiger partial charge in [-0.3, -0.25) is 4.79 Å². The number of nitriles is 1. The standard InChI is InChI=1S/C9H8F2N2O/c1-5-7(2-3-12)13-4-6(8(5)14)9(10)11/h4,9H,2H2,1H3,(H,13,14). The van der Waals surface area contributed by atoms with E-state index in [-0.39, 0.29) is 12.0 Å². The van der Waals surface area contributed by atoms with E-state index in [0.717, 1.165) is 6.20 Å². The summed E-state index contributed by atoms with van der Waals surface area (Å²) in [5, 5.41) is 8.39. The Kier molecular flexibility index (Phi) is 2.97. The topological polar surface area (TPSA) is 56.6 Å². The summed E-state index contributed by atoms with van der Waals surface area (Å²) in [7, 11) is 0. The van der Waals surface area contributed by atoms with E-state index >= 15 is 0 Å². The number of halogens is 2.